The van der Waals surface area contributed by atoms with Gasteiger partial charge >= 0.3 is 5.69 Å². The van der Waals surface area contributed by atoms with Crippen LogP contribution in [0.3, 0.4) is 0 Å². The summed E-state index contributed by atoms with van der Waals surface area (Å²) in [5, 5.41) is 18.0. The number of hydrogen-bond donors (Lipinski definition) is 1. The molecule has 2 aromatic rings. The van der Waals surface area contributed by atoms with E-state index in [0.29, 0.717) is 5.69 Å². The maximum atomic E-state index is 12.2. The first-order valence-corrected chi connectivity index (χ1v) is 7.58. The zero-order valence-electron chi connectivity index (χ0n) is 12.6. The van der Waals surface area contributed by atoms with Gasteiger partial charge in [-0.05, 0) is 35.0 Å². The van der Waals surface area contributed by atoms with Gasteiger partial charge in [0.2, 0.25) is 0 Å². The van der Waals surface area contributed by atoms with Crippen molar-refractivity contribution < 1.29 is 14.5 Å². The zero-order chi connectivity index (χ0) is 17.0. The van der Waals surface area contributed by atoms with Gasteiger partial charge in [0, 0.05) is 24.4 Å². The van der Waals surface area contributed by atoms with Crippen LogP contribution in [0.4, 0.5) is 5.69 Å². The first-order valence-electron chi connectivity index (χ1n) is 6.78. The van der Waals surface area contributed by atoms with Crippen LogP contribution in [0.15, 0.2) is 28.9 Å². The highest BCUT2D eigenvalue weighted by Crippen LogP contribution is 2.27. The van der Waals surface area contributed by atoms with Crippen LogP contribution >= 0.6 is 15.9 Å². The summed E-state index contributed by atoms with van der Waals surface area (Å²) >= 11 is 3.37. The molecule has 9 heteroatoms. The van der Waals surface area contributed by atoms with E-state index in [-0.39, 0.29) is 23.5 Å². The molecule has 0 spiro atoms. The van der Waals surface area contributed by atoms with E-state index in [4.69, 9.17) is 4.74 Å². The number of hydrogen-bond acceptors (Lipinski definition) is 5. The lowest BCUT2D eigenvalue weighted by molar-refractivity contribution is -0.385. The number of ether oxygens (including phenoxy) is 1. The molecular weight excluding hydrogens is 368 g/mol. The van der Waals surface area contributed by atoms with E-state index in [2.05, 4.69) is 26.3 Å². The summed E-state index contributed by atoms with van der Waals surface area (Å²) < 4.78 is 7.44. The normalized spacial score (nSPS) is 10.4. The van der Waals surface area contributed by atoms with Crippen molar-refractivity contribution in [2.75, 3.05) is 7.11 Å². The Balaban J connectivity index is 2.13. The van der Waals surface area contributed by atoms with Crippen LogP contribution in [-0.2, 0) is 13.1 Å². The van der Waals surface area contributed by atoms with Gasteiger partial charge < -0.3 is 10.1 Å². The summed E-state index contributed by atoms with van der Waals surface area (Å²) in [6.45, 7) is 2.89. The Morgan fingerprint density at radius 3 is 2.83 bits per heavy atom. The van der Waals surface area contributed by atoms with Crippen molar-refractivity contribution >= 4 is 27.5 Å². The van der Waals surface area contributed by atoms with E-state index in [0.717, 1.165) is 11.0 Å². The summed E-state index contributed by atoms with van der Waals surface area (Å²) in [5.41, 5.74) is 0.614. The number of methoxy groups -OCH3 is 1. The van der Waals surface area contributed by atoms with Gasteiger partial charge in [-0.1, -0.05) is 0 Å². The van der Waals surface area contributed by atoms with Crippen LogP contribution in [-0.4, -0.2) is 27.7 Å². The molecular formula is C14H15BrN4O4. The molecule has 0 radical (unpaired) electrons. The highest BCUT2D eigenvalue weighted by Gasteiger charge is 2.18. The molecule has 0 fully saturated rings. The molecule has 0 aliphatic rings. The largest absolute Gasteiger partial charge is 0.490 e. The van der Waals surface area contributed by atoms with Crippen molar-refractivity contribution in [2.24, 2.45) is 0 Å². The molecule has 8 nitrogen and oxygen atoms in total. The summed E-state index contributed by atoms with van der Waals surface area (Å²) in [5.74, 6) is -0.315. The Hall–Kier alpha value is -2.42. The number of nitrogens with zero attached hydrogens (tertiary/aromatic N) is 3. The predicted octanol–water partition coefficient (Wildman–Crippen LogP) is 2.51. The van der Waals surface area contributed by atoms with Gasteiger partial charge in [0.05, 0.1) is 28.7 Å². The molecule has 122 valence electrons. The topological polar surface area (TPSA) is 99.3 Å². The molecule has 0 aliphatic heterocycles. The number of aromatic nitrogens is 2. The minimum atomic E-state index is -0.588. The standard InChI is InChI=1S/C14H15BrN4O4/c1-3-18-8-10(15)11(17-18)7-16-14(20)9-4-5-13(23-2)12(6-9)19(21)22/h4-6,8H,3,7H2,1-2H3,(H,16,20). The fourth-order valence-corrected chi connectivity index (χ4v) is 2.41. The Morgan fingerprint density at radius 1 is 1.52 bits per heavy atom. The predicted molar refractivity (Wildman–Crippen MR) is 86.4 cm³/mol. The lowest BCUT2D eigenvalue weighted by atomic mass is 10.1. The minimum Gasteiger partial charge on any atom is -0.490 e. The Kier molecular flexibility index (Phi) is 5.32. The molecule has 1 amide bonds. The smallest absolute Gasteiger partial charge is 0.311 e. The van der Waals surface area contributed by atoms with Crippen LogP contribution in [0.5, 0.6) is 5.75 Å². The van der Waals surface area contributed by atoms with Crippen molar-refractivity contribution in [3.8, 4) is 5.75 Å². The monoisotopic (exact) mass is 382 g/mol. The highest BCUT2D eigenvalue weighted by molar-refractivity contribution is 9.10. The number of aryl methyl sites for hydroxylation is 1. The van der Waals surface area contributed by atoms with Crippen LogP contribution in [0.2, 0.25) is 0 Å². The molecule has 1 aromatic heterocycles. The van der Waals surface area contributed by atoms with E-state index in [1.165, 1.54) is 25.3 Å². The number of benzene rings is 1. The second-order valence-electron chi connectivity index (χ2n) is 4.61. The quantitative estimate of drug-likeness (QED) is 0.611. The average Bonchev–Trinajstić information content (AvgIpc) is 2.92. The second kappa shape index (κ2) is 7.23. The fourth-order valence-electron chi connectivity index (χ4n) is 1.96. The Bertz CT molecular complexity index is 744. The van der Waals surface area contributed by atoms with E-state index in [9.17, 15) is 14.9 Å². The number of rotatable bonds is 6. The lowest BCUT2D eigenvalue weighted by Gasteiger charge is -2.06. The van der Waals surface area contributed by atoms with Crippen LogP contribution < -0.4 is 10.1 Å². The number of amides is 1. The van der Waals surface area contributed by atoms with E-state index in [1.54, 1.807) is 4.68 Å². The minimum absolute atomic E-state index is 0.107. The number of nitro benzene ring substituents is 1. The summed E-state index contributed by atoms with van der Waals surface area (Å²) in [6, 6.07) is 4.06. The molecule has 0 atom stereocenters. The molecule has 0 saturated heterocycles. The fraction of sp³-hybridized carbons (Fsp3) is 0.286. The van der Waals surface area contributed by atoms with Gasteiger partial charge in [-0.25, -0.2) is 0 Å². The first kappa shape index (κ1) is 16.9. The van der Waals surface area contributed by atoms with Crippen molar-refractivity contribution in [1.29, 1.82) is 0 Å². The van der Waals surface area contributed by atoms with Crippen molar-refractivity contribution in [2.45, 2.75) is 20.0 Å². The molecule has 23 heavy (non-hydrogen) atoms. The summed E-state index contributed by atoms with van der Waals surface area (Å²) in [7, 11) is 1.34. The molecule has 2 rings (SSSR count). The second-order valence-corrected chi connectivity index (χ2v) is 5.46. The van der Waals surface area contributed by atoms with Gasteiger partial charge in [0.1, 0.15) is 0 Å². The van der Waals surface area contributed by atoms with Gasteiger partial charge in [-0.15, -0.1) is 0 Å². The van der Waals surface area contributed by atoms with Crippen molar-refractivity contribution in [1.82, 2.24) is 15.1 Å². The number of halogens is 1. The molecule has 1 heterocycles. The third-order valence-corrected chi connectivity index (χ3v) is 3.83. The number of nitrogens with one attached hydrogen (secondary N) is 1. The molecule has 1 aromatic carbocycles. The molecule has 0 saturated carbocycles. The van der Waals surface area contributed by atoms with Crippen LogP contribution in [0.25, 0.3) is 0 Å². The van der Waals surface area contributed by atoms with Gasteiger partial charge in [-0.3, -0.25) is 19.6 Å². The van der Waals surface area contributed by atoms with Crippen molar-refractivity contribution in [3.05, 3.63) is 50.2 Å². The number of carbonyl (C=O) groups is 1. The molecule has 0 aliphatic carbocycles. The average molecular weight is 383 g/mol. The van der Waals surface area contributed by atoms with Crippen LogP contribution in [0, 0.1) is 10.1 Å². The molecule has 0 bridgehead atoms. The van der Waals surface area contributed by atoms with Gasteiger partial charge in [0.25, 0.3) is 5.91 Å². The molecule has 1 N–H and O–H groups in total. The zero-order valence-corrected chi connectivity index (χ0v) is 14.2. The van der Waals surface area contributed by atoms with Gasteiger partial charge in [0.15, 0.2) is 5.75 Å². The lowest BCUT2D eigenvalue weighted by Crippen LogP contribution is -2.23. The third kappa shape index (κ3) is 3.86. The third-order valence-electron chi connectivity index (χ3n) is 3.17. The number of carbonyl (C=O) groups excluding carboxylic acids is 1. The van der Waals surface area contributed by atoms with E-state index < -0.39 is 10.8 Å². The Labute approximate surface area is 140 Å². The number of nitro groups is 1. The molecule has 0 unspecified atom stereocenters. The maximum absolute atomic E-state index is 12.2. The van der Waals surface area contributed by atoms with Crippen molar-refractivity contribution in [3.63, 3.8) is 0 Å². The highest BCUT2D eigenvalue weighted by atomic mass is 79.9. The summed E-state index contributed by atoms with van der Waals surface area (Å²) in [6.07, 6.45) is 1.82. The van der Waals surface area contributed by atoms with Crippen LogP contribution in [0.1, 0.15) is 23.0 Å². The maximum Gasteiger partial charge on any atom is 0.311 e. The van der Waals surface area contributed by atoms with E-state index in [1.807, 2.05) is 13.1 Å². The summed E-state index contributed by atoms with van der Waals surface area (Å²) in [4.78, 5) is 22.6. The van der Waals surface area contributed by atoms with Gasteiger partial charge in [-0.2, -0.15) is 5.10 Å². The first-order chi connectivity index (χ1) is 11.0. The Morgan fingerprint density at radius 2 is 2.26 bits per heavy atom. The van der Waals surface area contributed by atoms with E-state index >= 15 is 0 Å². The SMILES string of the molecule is CCn1cc(Br)c(CNC(=O)c2ccc(OC)c([N+](=O)[O-])c2)n1.